The molecule has 5 nitrogen and oxygen atoms in total. The number of nitrogens with one attached hydrogen (secondary N) is 1. The van der Waals surface area contributed by atoms with Gasteiger partial charge < -0.3 is 9.52 Å². The Bertz CT molecular complexity index is 606. The van der Waals surface area contributed by atoms with Crippen molar-refractivity contribution >= 4 is 44.0 Å². The Balaban J connectivity index is 1.95. The molecule has 0 aliphatic rings. The molecule has 1 heterocycles. The van der Waals surface area contributed by atoms with E-state index < -0.39 is 12.0 Å². The highest BCUT2D eigenvalue weighted by Crippen LogP contribution is 2.25. The molecule has 104 valence electrons. The molecule has 1 aromatic carbocycles. The Labute approximate surface area is 131 Å². The van der Waals surface area contributed by atoms with Gasteiger partial charge >= 0.3 is 0 Å². The van der Waals surface area contributed by atoms with E-state index in [2.05, 4.69) is 42.4 Å². The zero-order chi connectivity index (χ0) is 14.5. The van der Waals surface area contributed by atoms with Crippen LogP contribution in [0.5, 0.6) is 0 Å². The van der Waals surface area contributed by atoms with Crippen molar-refractivity contribution < 1.29 is 14.3 Å². The predicted octanol–water partition coefficient (Wildman–Crippen LogP) is 2.99. The van der Waals surface area contributed by atoms with Crippen molar-refractivity contribution in [2.75, 3.05) is 0 Å². The van der Waals surface area contributed by atoms with Crippen LogP contribution >= 0.6 is 31.9 Å². The molecule has 0 radical (unpaired) electrons. The highest BCUT2D eigenvalue weighted by molar-refractivity contribution is 9.13. The lowest BCUT2D eigenvalue weighted by Gasteiger charge is -2.08. The zero-order valence-electron chi connectivity index (χ0n) is 10.1. The molecule has 2 rings (SSSR count). The normalized spacial score (nSPS) is 12.6. The Morgan fingerprint density at radius 2 is 2.05 bits per heavy atom. The first-order valence-corrected chi connectivity index (χ1v) is 7.17. The third kappa shape index (κ3) is 3.78. The molecule has 7 heteroatoms. The van der Waals surface area contributed by atoms with Gasteiger partial charge in [0.2, 0.25) is 0 Å². The smallest absolute Gasteiger partial charge is 0.273 e. The SMILES string of the molecule is O=C(NN=Cc1cc(Br)c(Br)o1)[C@@H](O)c1ccccc1. The highest BCUT2D eigenvalue weighted by Gasteiger charge is 2.16. The Kier molecular flexibility index (Phi) is 5.11. The lowest BCUT2D eigenvalue weighted by molar-refractivity contribution is -0.129. The van der Waals surface area contributed by atoms with Crippen LogP contribution in [0.1, 0.15) is 17.4 Å². The van der Waals surface area contributed by atoms with E-state index in [0.717, 1.165) is 4.47 Å². The van der Waals surface area contributed by atoms with E-state index in [9.17, 15) is 9.90 Å². The quantitative estimate of drug-likeness (QED) is 0.610. The summed E-state index contributed by atoms with van der Waals surface area (Å²) in [6.45, 7) is 0. The number of amides is 1. The van der Waals surface area contributed by atoms with Crippen LogP contribution in [-0.4, -0.2) is 17.2 Å². The lowest BCUT2D eigenvalue weighted by Crippen LogP contribution is -2.25. The lowest BCUT2D eigenvalue weighted by atomic mass is 10.1. The third-order valence-electron chi connectivity index (χ3n) is 2.39. The van der Waals surface area contributed by atoms with Crippen LogP contribution in [0.3, 0.4) is 0 Å². The van der Waals surface area contributed by atoms with Crippen molar-refractivity contribution in [1.29, 1.82) is 0 Å². The van der Waals surface area contributed by atoms with Crippen LogP contribution in [0.15, 0.2) is 55.1 Å². The topological polar surface area (TPSA) is 74.8 Å². The van der Waals surface area contributed by atoms with Crippen LogP contribution in [0.2, 0.25) is 0 Å². The number of aliphatic hydroxyl groups is 1. The minimum absolute atomic E-state index is 0.457. The second-order valence-corrected chi connectivity index (χ2v) is 5.39. The summed E-state index contributed by atoms with van der Waals surface area (Å²) in [5, 5.41) is 13.5. The van der Waals surface area contributed by atoms with E-state index in [1.807, 2.05) is 0 Å². The molecule has 1 atom stereocenters. The summed E-state index contributed by atoms with van der Waals surface area (Å²) >= 11 is 6.45. The van der Waals surface area contributed by atoms with E-state index in [1.165, 1.54) is 6.21 Å². The molecule has 0 unspecified atom stereocenters. The highest BCUT2D eigenvalue weighted by atomic mass is 79.9. The summed E-state index contributed by atoms with van der Waals surface area (Å²) in [6, 6.07) is 10.3. The van der Waals surface area contributed by atoms with Gasteiger partial charge in [0.15, 0.2) is 10.8 Å². The van der Waals surface area contributed by atoms with E-state index >= 15 is 0 Å². The number of hydrogen-bond acceptors (Lipinski definition) is 4. The van der Waals surface area contributed by atoms with Crippen LogP contribution in [0.4, 0.5) is 0 Å². The number of hydrazone groups is 1. The molecule has 2 aromatic rings. The maximum Gasteiger partial charge on any atom is 0.273 e. The molecule has 20 heavy (non-hydrogen) atoms. The van der Waals surface area contributed by atoms with Crippen molar-refractivity contribution in [3.05, 3.63) is 56.9 Å². The second kappa shape index (κ2) is 6.83. The molecule has 0 fully saturated rings. The van der Waals surface area contributed by atoms with Crippen LogP contribution in [0.25, 0.3) is 0 Å². The molecular weight excluding hydrogens is 392 g/mol. The molecule has 1 aromatic heterocycles. The number of furan rings is 1. The van der Waals surface area contributed by atoms with E-state index in [-0.39, 0.29) is 0 Å². The van der Waals surface area contributed by atoms with E-state index in [0.29, 0.717) is 16.0 Å². The average Bonchev–Trinajstić information content (AvgIpc) is 2.77. The number of aliphatic hydroxyl groups excluding tert-OH is 1. The van der Waals surface area contributed by atoms with Crippen molar-refractivity contribution in [2.45, 2.75) is 6.10 Å². The molecule has 0 saturated carbocycles. The first-order chi connectivity index (χ1) is 9.58. The van der Waals surface area contributed by atoms with Gasteiger partial charge in [0.05, 0.1) is 10.7 Å². The van der Waals surface area contributed by atoms with Crippen molar-refractivity contribution in [1.82, 2.24) is 5.43 Å². The summed E-state index contributed by atoms with van der Waals surface area (Å²) in [5.74, 6) is -0.157. The van der Waals surface area contributed by atoms with Crippen LogP contribution in [0, 0.1) is 0 Å². The molecule has 0 aliphatic carbocycles. The predicted molar refractivity (Wildman–Crippen MR) is 81.2 cm³/mol. The number of halogens is 2. The third-order valence-corrected chi connectivity index (χ3v) is 4.10. The molecule has 2 N–H and O–H groups in total. The summed E-state index contributed by atoms with van der Waals surface area (Å²) in [6.07, 6.45) is 0.0777. The molecule has 0 saturated heterocycles. The first-order valence-electron chi connectivity index (χ1n) is 5.58. The number of carbonyl (C=O) groups excluding carboxylic acids is 1. The minimum Gasteiger partial charge on any atom is -0.447 e. The van der Waals surface area contributed by atoms with Gasteiger partial charge in [-0.25, -0.2) is 5.43 Å². The van der Waals surface area contributed by atoms with Gasteiger partial charge in [-0.1, -0.05) is 30.3 Å². The van der Waals surface area contributed by atoms with Crippen LogP contribution < -0.4 is 5.43 Å². The number of benzene rings is 1. The van der Waals surface area contributed by atoms with Gasteiger partial charge in [-0.15, -0.1) is 0 Å². The fourth-order valence-electron chi connectivity index (χ4n) is 1.43. The summed E-state index contributed by atoms with van der Waals surface area (Å²) < 4.78 is 6.53. The number of nitrogens with zero attached hydrogens (tertiary/aromatic N) is 1. The zero-order valence-corrected chi connectivity index (χ0v) is 13.3. The fourth-order valence-corrected chi connectivity index (χ4v) is 2.04. The van der Waals surface area contributed by atoms with Crippen molar-refractivity contribution in [2.24, 2.45) is 5.10 Å². The van der Waals surface area contributed by atoms with Gasteiger partial charge in [0.25, 0.3) is 5.91 Å². The second-order valence-electron chi connectivity index (χ2n) is 3.82. The van der Waals surface area contributed by atoms with Crippen LogP contribution in [-0.2, 0) is 4.79 Å². The summed E-state index contributed by atoms with van der Waals surface area (Å²) in [5.41, 5.74) is 2.75. The molecule has 0 bridgehead atoms. The summed E-state index contributed by atoms with van der Waals surface area (Å²) in [7, 11) is 0. The number of hydrogen-bond donors (Lipinski definition) is 2. The summed E-state index contributed by atoms with van der Waals surface area (Å²) in [4.78, 5) is 11.7. The van der Waals surface area contributed by atoms with E-state index in [4.69, 9.17) is 4.42 Å². The monoisotopic (exact) mass is 400 g/mol. The minimum atomic E-state index is -1.26. The average molecular weight is 402 g/mol. The maximum atomic E-state index is 11.7. The van der Waals surface area contributed by atoms with Gasteiger partial charge in [-0.05, 0) is 37.4 Å². The Morgan fingerprint density at radius 1 is 1.35 bits per heavy atom. The fraction of sp³-hybridized carbons (Fsp3) is 0.0769. The molecular formula is C13H10Br2N2O3. The van der Waals surface area contributed by atoms with E-state index in [1.54, 1.807) is 36.4 Å². The van der Waals surface area contributed by atoms with Gasteiger partial charge in [-0.2, -0.15) is 5.10 Å². The number of rotatable bonds is 4. The van der Waals surface area contributed by atoms with Crippen molar-refractivity contribution in [3.63, 3.8) is 0 Å². The largest absolute Gasteiger partial charge is 0.447 e. The van der Waals surface area contributed by atoms with Gasteiger partial charge in [0, 0.05) is 6.07 Å². The first kappa shape index (κ1) is 15.0. The number of carbonyl (C=O) groups is 1. The standard InChI is InChI=1S/C13H10Br2N2O3/c14-10-6-9(20-12(10)15)7-16-17-13(19)11(18)8-4-2-1-3-5-8/h1-7,11,18H,(H,17,19)/t11-/m0/s1. The van der Waals surface area contributed by atoms with Gasteiger partial charge in [-0.3, -0.25) is 4.79 Å². The Hall–Kier alpha value is -1.44. The molecule has 0 aliphatic heterocycles. The van der Waals surface area contributed by atoms with Gasteiger partial charge in [0.1, 0.15) is 5.76 Å². The van der Waals surface area contributed by atoms with Crippen molar-refractivity contribution in [3.8, 4) is 0 Å². The Morgan fingerprint density at radius 3 is 2.65 bits per heavy atom. The molecule has 0 spiro atoms. The molecule has 1 amide bonds. The maximum absolute atomic E-state index is 11.7.